The maximum absolute atomic E-state index is 13.1. The number of halogens is 1. The Labute approximate surface area is 158 Å². The second-order valence-corrected chi connectivity index (χ2v) is 7.01. The Bertz CT molecular complexity index is 839. The Morgan fingerprint density at radius 3 is 2.11 bits per heavy atom. The van der Waals surface area contributed by atoms with Gasteiger partial charge in [0, 0.05) is 56.1 Å². The first-order chi connectivity index (χ1) is 13.1. The van der Waals surface area contributed by atoms with Crippen molar-refractivity contribution in [2.75, 3.05) is 42.6 Å². The topological polar surface area (TPSA) is 39.2 Å². The van der Waals surface area contributed by atoms with Crippen molar-refractivity contribution in [3.63, 3.8) is 0 Å². The fraction of sp³-hybridized carbons (Fsp3) is 0.333. The van der Waals surface area contributed by atoms with E-state index in [1.54, 1.807) is 12.1 Å². The van der Waals surface area contributed by atoms with Crippen LogP contribution in [-0.2, 0) is 0 Å². The summed E-state index contributed by atoms with van der Waals surface area (Å²) in [5.41, 5.74) is 3.85. The number of piperazine rings is 1. The predicted octanol–water partition coefficient (Wildman–Crippen LogP) is 3.37. The highest BCUT2D eigenvalue weighted by atomic mass is 19.1. The van der Waals surface area contributed by atoms with E-state index in [1.165, 1.54) is 12.1 Å². The molecule has 0 aliphatic carbocycles. The van der Waals surface area contributed by atoms with E-state index in [0.717, 1.165) is 43.1 Å². The van der Waals surface area contributed by atoms with Crippen molar-refractivity contribution in [2.45, 2.75) is 13.3 Å². The van der Waals surface area contributed by atoms with Crippen molar-refractivity contribution in [2.24, 2.45) is 5.10 Å². The molecule has 140 valence electrons. The van der Waals surface area contributed by atoms with Crippen molar-refractivity contribution in [3.8, 4) is 0 Å². The van der Waals surface area contributed by atoms with E-state index < -0.39 is 0 Å². The summed E-state index contributed by atoms with van der Waals surface area (Å²) in [5, 5.41) is 6.47. The first-order valence-electron chi connectivity index (χ1n) is 9.31. The molecule has 0 bridgehead atoms. The fourth-order valence-corrected chi connectivity index (χ4v) is 3.54. The highest BCUT2D eigenvalue weighted by Crippen LogP contribution is 2.22. The second-order valence-electron chi connectivity index (χ2n) is 7.01. The lowest BCUT2D eigenvalue weighted by molar-refractivity contribution is 0.0747. The molecule has 27 heavy (non-hydrogen) atoms. The first kappa shape index (κ1) is 17.5. The van der Waals surface area contributed by atoms with Gasteiger partial charge in [-0.15, -0.1) is 0 Å². The molecule has 0 unspecified atom stereocenters. The molecular formula is C21H23FN4O. The van der Waals surface area contributed by atoms with Gasteiger partial charge in [-0.25, -0.2) is 4.39 Å². The monoisotopic (exact) mass is 366 g/mol. The number of hydrogen-bond donors (Lipinski definition) is 0. The quantitative estimate of drug-likeness (QED) is 0.836. The van der Waals surface area contributed by atoms with Crippen LogP contribution in [0.3, 0.4) is 0 Å². The summed E-state index contributed by atoms with van der Waals surface area (Å²) in [7, 11) is 0. The number of anilines is 2. The van der Waals surface area contributed by atoms with Crippen LogP contribution in [0.2, 0.25) is 0 Å². The Hall–Kier alpha value is -2.89. The molecule has 2 aliphatic heterocycles. The van der Waals surface area contributed by atoms with Gasteiger partial charge in [0.2, 0.25) is 0 Å². The van der Waals surface area contributed by atoms with Crippen LogP contribution in [0.4, 0.5) is 15.8 Å². The van der Waals surface area contributed by atoms with Crippen molar-refractivity contribution in [3.05, 3.63) is 59.9 Å². The molecule has 2 aromatic carbocycles. The molecule has 0 atom stereocenters. The Morgan fingerprint density at radius 2 is 1.52 bits per heavy atom. The van der Waals surface area contributed by atoms with E-state index in [0.29, 0.717) is 18.7 Å². The number of rotatable bonds is 3. The van der Waals surface area contributed by atoms with E-state index in [-0.39, 0.29) is 11.7 Å². The minimum Gasteiger partial charge on any atom is -0.368 e. The summed E-state index contributed by atoms with van der Waals surface area (Å²) >= 11 is 0. The minimum atomic E-state index is -0.231. The molecule has 1 saturated heterocycles. The van der Waals surface area contributed by atoms with Gasteiger partial charge >= 0.3 is 0 Å². The number of carbonyl (C=O) groups excluding carboxylic acids is 1. The third-order valence-electron chi connectivity index (χ3n) is 5.15. The number of carbonyl (C=O) groups is 1. The van der Waals surface area contributed by atoms with Crippen molar-refractivity contribution in [1.29, 1.82) is 0 Å². The molecule has 0 saturated carbocycles. The maximum atomic E-state index is 13.1. The Balaban J connectivity index is 1.37. The van der Waals surface area contributed by atoms with E-state index in [1.807, 2.05) is 41.1 Å². The molecule has 2 aromatic rings. The molecule has 6 heteroatoms. The van der Waals surface area contributed by atoms with Crippen LogP contribution < -0.4 is 9.91 Å². The lowest BCUT2D eigenvalue weighted by Crippen LogP contribution is -2.48. The van der Waals surface area contributed by atoms with Gasteiger partial charge < -0.3 is 9.80 Å². The summed E-state index contributed by atoms with van der Waals surface area (Å²) in [6, 6.07) is 14.2. The summed E-state index contributed by atoms with van der Waals surface area (Å²) in [5.74, 6) is -0.174. The summed E-state index contributed by atoms with van der Waals surface area (Å²) in [4.78, 5) is 16.9. The minimum absolute atomic E-state index is 0.0569. The Kier molecular flexibility index (Phi) is 4.79. The van der Waals surface area contributed by atoms with Crippen molar-refractivity contribution >= 4 is 23.0 Å². The van der Waals surface area contributed by atoms with Crippen LogP contribution in [0.15, 0.2) is 53.6 Å². The largest absolute Gasteiger partial charge is 0.368 e. The van der Waals surface area contributed by atoms with Gasteiger partial charge in [0.1, 0.15) is 5.82 Å². The molecule has 0 spiro atoms. The van der Waals surface area contributed by atoms with Gasteiger partial charge in [0.05, 0.1) is 5.69 Å². The van der Waals surface area contributed by atoms with Crippen LogP contribution in [0, 0.1) is 5.82 Å². The third-order valence-corrected chi connectivity index (χ3v) is 5.15. The molecule has 2 heterocycles. The highest BCUT2D eigenvalue weighted by molar-refractivity contribution is 5.95. The van der Waals surface area contributed by atoms with Gasteiger partial charge in [0.25, 0.3) is 5.91 Å². The summed E-state index contributed by atoms with van der Waals surface area (Å²) in [6.45, 7) is 5.74. The van der Waals surface area contributed by atoms with Crippen LogP contribution in [0.5, 0.6) is 0 Å². The van der Waals surface area contributed by atoms with Crippen LogP contribution >= 0.6 is 0 Å². The molecule has 0 aromatic heterocycles. The maximum Gasteiger partial charge on any atom is 0.253 e. The molecular weight excluding hydrogens is 343 g/mol. The zero-order valence-electron chi connectivity index (χ0n) is 15.4. The second kappa shape index (κ2) is 7.39. The van der Waals surface area contributed by atoms with Crippen LogP contribution in [0.25, 0.3) is 0 Å². The molecule has 1 amide bonds. The Morgan fingerprint density at radius 1 is 0.889 bits per heavy atom. The molecule has 0 N–H and O–H groups in total. The predicted molar refractivity (Wildman–Crippen MR) is 106 cm³/mol. The fourth-order valence-electron chi connectivity index (χ4n) is 3.54. The first-order valence-corrected chi connectivity index (χ1v) is 9.31. The number of nitrogens with zero attached hydrogens (tertiary/aromatic N) is 4. The van der Waals surface area contributed by atoms with Gasteiger partial charge in [-0.1, -0.05) is 0 Å². The number of benzene rings is 2. The van der Waals surface area contributed by atoms with Gasteiger partial charge in [0.15, 0.2) is 0 Å². The van der Waals surface area contributed by atoms with E-state index in [9.17, 15) is 9.18 Å². The lowest BCUT2D eigenvalue weighted by atomic mass is 10.1. The standard InChI is InChI=1S/C21H23FN4O/c1-16-10-11-26(23-16)20-6-2-17(3-7-20)21(27)25-14-12-24(13-15-25)19-8-4-18(22)5-9-19/h2-9H,10-15H2,1H3. The lowest BCUT2D eigenvalue weighted by Gasteiger charge is -2.36. The average molecular weight is 366 g/mol. The van der Waals surface area contributed by atoms with Crippen molar-refractivity contribution < 1.29 is 9.18 Å². The van der Waals surface area contributed by atoms with Crippen LogP contribution in [-0.4, -0.2) is 49.2 Å². The van der Waals surface area contributed by atoms with E-state index in [2.05, 4.69) is 10.0 Å². The smallest absolute Gasteiger partial charge is 0.253 e. The van der Waals surface area contributed by atoms with Gasteiger partial charge in [-0.05, 0) is 55.5 Å². The normalized spacial score (nSPS) is 17.3. The number of hydrazone groups is 1. The number of hydrogen-bond acceptors (Lipinski definition) is 4. The summed E-state index contributed by atoms with van der Waals surface area (Å²) < 4.78 is 13.1. The average Bonchev–Trinajstić information content (AvgIpc) is 3.15. The van der Waals surface area contributed by atoms with E-state index >= 15 is 0 Å². The van der Waals surface area contributed by atoms with E-state index in [4.69, 9.17) is 0 Å². The zero-order valence-corrected chi connectivity index (χ0v) is 15.4. The summed E-state index contributed by atoms with van der Waals surface area (Å²) in [6.07, 6.45) is 0.985. The molecule has 1 fully saturated rings. The molecule has 0 radical (unpaired) electrons. The molecule has 4 rings (SSSR count). The molecule has 5 nitrogen and oxygen atoms in total. The third kappa shape index (κ3) is 3.79. The highest BCUT2D eigenvalue weighted by Gasteiger charge is 2.22. The van der Waals surface area contributed by atoms with Gasteiger partial charge in [-0.2, -0.15) is 5.10 Å². The zero-order chi connectivity index (χ0) is 18.8. The number of amides is 1. The SMILES string of the molecule is CC1=NN(c2ccc(C(=O)N3CCN(c4ccc(F)cc4)CC3)cc2)CC1. The van der Waals surface area contributed by atoms with Crippen molar-refractivity contribution in [1.82, 2.24) is 4.90 Å². The van der Waals surface area contributed by atoms with Gasteiger partial charge in [-0.3, -0.25) is 9.80 Å². The molecule has 2 aliphatic rings. The van der Waals surface area contributed by atoms with Crippen LogP contribution in [0.1, 0.15) is 23.7 Å².